The Labute approximate surface area is 101 Å². The first kappa shape index (κ1) is 10.7. The van der Waals surface area contributed by atoms with Crippen molar-refractivity contribution in [2.75, 3.05) is 7.11 Å². The van der Waals surface area contributed by atoms with Crippen LogP contribution in [0.4, 0.5) is 0 Å². The molecule has 0 atom stereocenters. The van der Waals surface area contributed by atoms with E-state index in [2.05, 4.69) is 20.9 Å². The molecule has 0 N–H and O–H groups in total. The Morgan fingerprint density at radius 2 is 2.07 bits per heavy atom. The summed E-state index contributed by atoms with van der Waals surface area (Å²) in [5, 5.41) is 1.58. The van der Waals surface area contributed by atoms with Crippen molar-refractivity contribution >= 4 is 38.4 Å². The van der Waals surface area contributed by atoms with Gasteiger partial charge >= 0.3 is 0 Å². The van der Waals surface area contributed by atoms with Gasteiger partial charge in [-0.15, -0.1) is 0 Å². The maximum atomic E-state index is 5.96. The standard InChI is InChI=1S/C11H9BrClNO/c1-6-3-7-4-8(12)10(15-2)5-9(7)14-11(6)13/h3-5H,1-2H3. The second-order valence-corrected chi connectivity index (χ2v) is 4.49. The lowest BCUT2D eigenvalue weighted by molar-refractivity contribution is 0.412. The first-order valence-corrected chi connectivity index (χ1v) is 5.59. The lowest BCUT2D eigenvalue weighted by Crippen LogP contribution is -1.88. The molecule has 0 aliphatic carbocycles. The number of pyridine rings is 1. The number of aryl methyl sites for hydroxylation is 1. The fraction of sp³-hybridized carbons (Fsp3) is 0.182. The highest BCUT2D eigenvalue weighted by Gasteiger charge is 2.06. The number of hydrogen-bond acceptors (Lipinski definition) is 2. The molecular formula is C11H9BrClNO. The quantitative estimate of drug-likeness (QED) is 0.740. The molecule has 4 heteroatoms. The maximum absolute atomic E-state index is 5.96. The Balaban J connectivity index is 2.76. The average molecular weight is 287 g/mol. The zero-order chi connectivity index (χ0) is 11.0. The zero-order valence-corrected chi connectivity index (χ0v) is 10.7. The Hall–Kier alpha value is -0.800. The van der Waals surface area contributed by atoms with Crippen molar-refractivity contribution < 1.29 is 4.74 Å². The number of hydrogen-bond donors (Lipinski definition) is 0. The third-order valence-electron chi connectivity index (χ3n) is 2.22. The summed E-state index contributed by atoms with van der Waals surface area (Å²) in [6.07, 6.45) is 0. The van der Waals surface area contributed by atoms with Crippen LogP contribution < -0.4 is 4.74 Å². The molecule has 2 nitrogen and oxygen atoms in total. The largest absolute Gasteiger partial charge is 0.495 e. The normalized spacial score (nSPS) is 10.7. The molecule has 0 fully saturated rings. The van der Waals surface area contributed by atoms with Crippen molar-refractivity contribution in [1.29, 1.82) is 0 Å². The Kier molecular flexibility index (Phi) is 2.85. The van der Waals surface area contributed by atoms with E-state index in [0.717, 1.165) is 26.7 Å². The molecule has 0 saturated carbocycles. The molecule has 1 aromatic carbocycles. The van der Waals surface area contributed by atoms with Gasteiger partial charge in [0, 0.05) is 11.5 Å². The molecule has 0 unspecified atom stereocenters. The van der Waals surface area contributed by atoms with Crippen LogP contribution in [0.15, 0.2) is 22.7 Å². The highest BCUT2D eigenvalue weighted by atomic mass is 79.9. The Morgan fingerprint density at radius 3 is 2.73 bits per heavy atom. The smallest absolute Gasteiger partial charge is 0.135 e. The van der Waals surface area contributed by atoms with Crippen LogP contribution in [-0.2, 0) is 0 Å². The lowest BCUT2D eigenvalue weighted by Gasteiger charge is -2.06. The molecule has 0 amide bonds. The van der Waals surface area contributed by atoms with Crippen LogP contribution in [0.3, 0.4) is 0 Å². The van der Waals surface area contributed by atoms with E-state index >= 15 is 0 Å². The van der Waals surface area contributed by atoms with Gasteiger partial charge in [0.15, 0.2) is 0 Å². The van der Waals surface area contributed by atoms with Gasteiger partial charge in [-0.3, -0.25) is 0 Å². The highest BCUT2D eigenvalue weighted by molar-refractivity contribution is 9.10. The molecule has 0 aliphatic rings. The predicted molar refractivity (Wildman–Crippen MR) is 65.7 cm³/mol. The number of nitrogens with zero attached hydrogens (tertiary/aromatic N) is 1. The second kappa shape index (κ2) is 3.99. The first-order valence-electron chi connectivity index (χ1n) is 4.42. The van der Waals surface area contributed by atoms with E-state index in [1.807, 2.05) is 25.1 Å². The van der Waals surface area contributed by atoms with Crippen LogP contribution in [0.1, 0.15) is 5.56 Å². The van der Waals surface area contributed by atoms with Gasteiger partial charge in [-0.25, -0.2) is 4.98 Å². The topological polar surface area (TPSA) is 22.1 Å². The van der Waals surface area contributed by atoms with Crippen LogP contribution in [0.25, 0.3) is 10.9 Å². The van der Waals surface area contributed by atoms with Crippen LogP contribution >= 0.6 is 27.5 Å². The van der Waals surface area contributed by atoms with Gasteiger partial charge in [0.25, 0.3) is 0 Å². The molecule has 0 saturated heterocycles. The van der Waals surface area contributed by atoms with Gasteiger partial charge in [-0.05, 0) is 40.5 Å². The van der Waals surface area contributed by atoms with E-state index < -0.39 is 0 Å². The van der Waals surface area contributed by atoms with Crippen molar-refractivity contribution in [3.05, 3.63) is 33.4 Å². The van der Waals surface area contributed by atoms with Gasteiger partial charge in [-0.1, -0.05) is 11.6 Å². The number of methoxy groups -OCH3 is 1. The van der Waals surface area contributed by atoms with Crippen LogP contribution in [0.2, 0.25) is 5.15 Å². The fourth-order valence-electron chi connectivity index (χ4n) is 1.41. The summed E-state index contributed by atoms with van der Waals surface area (Å²) in [6.45, 7) is 1.94. The summed E-state index contributed by atoms with van der Waals surface area (Å²) in [5.74, 6) is 0.759. The number of fused-ring (bicyclic) bond motifs is 1. The molecule has 78 valence electrons. The molecule has 0 radical (unpaired) electrons. The summed E-state index contributed by atoms with van der Waals surface area (Å²) in [5.41, 5.74) is 1.81. The monoisotopic (exact) mass is 285 g/mol. The molecule has 1 aromatic heterocycles. The molecule has 0 aliphatic heterocycles. The second-order valence-electron chi connectivity index (χ2n) is 3.28. The SMILES string of the molecule is COc1cc2nc(Cl)c(C)cc2cc1Br. The van der Waals surface area contributed by atoms with Gasteiger partial charge in [0.1, 0.15) is 10.9 Å². The molecule has 15 heavy (non-hydrogen) atoms. The third kappa shape index (κ3) is 1.94. The minimum absolute atomic E-state index is 0.534. The predicted octanol–water partition coefficient (Wildman–Crippen LogP) is 3.97. The van der Waals surface area contributed by atoms with Crippen molar-refractivity contribution in [1.82, 2.24) is 4.98 Å². The Morgan fingerprint density at radius 1 is 1.33 bits per heavy atom. The summed E-state index contributed by atoms with van der Waals surface area (Å²) in [6, 6.07) is 5.85. The van der Waals surface area contributed by atoms with E-state index in [1.54, 1.807) is 7.11 Å². The van der Waals surface area contributed by atoms with E-state index in [1.165, 1.54) is 0 Å². The number of ether oxygens (including phenoxy) is 1. The van der Waals surface area contributed by atoms with Crippen LogP contribution in [0.5, 0.6) is 5.75 Å². The van der Waals surface area contributed by atoms with Crippen molar-refractivity contribution in [3.63, 3.8) is 0 Å². The molecule has 1 heterocycles. The van der Waals surface area contributed by atoms with Crippen molar-refractivity contribution in [3.8, 4) is 5.75 Å². The number of aromatic nitrogens is 1. The maximum Gasteiger partial charge on any atom is 0.135 e. The molecule has 0 bridgehead atoms. The first-order chi connectivity index (χ1) is 7.11. The van der Waals surface area contributed by atoms with Crippen LogP contribution in [-0.4, -0.2) is 12.1 Å². The van der Waals surface area contributed by atoms with E-state index in [-0.39, 0.29) is 0 Å². The number of halogens is 2. The fourth-order valence-corrected chi connectivity index (χ4v) is 2.08. The third-order valence-corrected chi connectivity index (χ3v) is 3.22. The summed E-state index contributed by atoms with van der Waals surface area (Å²) in [4.78, 5) is 4.29. The van der Waals surface area contributed by atoms with Gasteiger partial charge in [0.2, 0.25) is 0 Å². The van der Waals surface area contributed by atoms with Crippen molar-refractivity contribution in [2.24, 2.45) is 0 Å². The summed E-state index contributed by atoms with van der Waals surface area (Å²) in [7, 11) is 1.63. The minimum Gasteiger partial charge on any atom is -0.495 e. The van der Waals surface area contributed by atoms with Gasteiger partial charge in [0.05, 0.1) is 17.1 Å². The zero-order valence-electron chi connectivity index (χ0n) is 8.34. The van der Waals surface area contributed by atoms with E-state index in [0.29, 0.717) is 5.15 Å². The molecule has 2 aromatic rings. The minimum atomic E-state index is 0.534. The van der Waals surface area contributed by atoms with E-state index in [9.17, 15) is 0 Å². The summed E-state index contributed by atoms with van der Waals surface area (Å²) < 4.78 is 6.11. The lowest BCUT2D eigenvalue weighted by atomic mass is 10.2. The number of rotatable bonds is 1. The highest BCUT2D eigenvalue weighted by Crippen LogP contribution is 2.30. The van der Waals surface area contributed by atoms with Crippen molar-refractivity contribution in [2.45, 2.75) is 6.92 Å². The van der Waals surface area contributed by atoms with E-state index in [4.69, 9.17) is 16.3 Å². The summed E-state index contributed by atoms with van der Waals surface area (Å²) >= 11 is 9.39. The number of benzene rings is 1. The van der Waals surface area contributed by atoms with Gasteiger partial charge < -0.3 is 4.74 Å². The van der Waals surface area contributed by atoms with Crippen LogP contribution in [0, 0.1) is 6.92 Å². The molecule has 2 rings (SSSR count). The molecular weight excluding hydrogens is 277 g/mol. The van der Waals surface area contributed by atoms with Gasteiger partial charge in [-0.2, -0.15) is 0 Å². The molecule has 0 spiro atoms. The average Bonchev–Trinajstić information content (AvgIpc) is 2.20. The Bertz CT molecular complexity index is 527.